The van der Waals surface area contributed by atoms with Crippen LogP contribution in [-0.4, -0.2) is 24.6 Å². The van der Waals surface area contributed by atoms with Crippen LogP contribution in [0.5, 0.6) is 5.75 Å². The number of isocyanates is 1. The number of rotatable bonds is 6. The predicted molar refractivity (Wildman–Crippen MR) is 86.6 cm³/mol. The van der Waals surface area contributed by atoms with Crippen LogP contribution in [0.25, 0.3) is 0 Å². The fourth-order valence-electron chi connectivity index (χ4n) is 2.76. The summed E-state index contributed by atoms with van der Waals surface area (Å²) in [6, 6.07) is 6.12. The third-order valence-electron chi connectivity index (χ3n) is 3.88. The zero-order valence-electron chi connectivity index (χ0n) is 13.0. The van der Waals surface area contributed by atoms with Crippen LogP contribution in [0, 0.1) is 12.3 Å². The molecule has 0 radical (unpaired) electrons. The molecule has 2 rings (SSSR count). The van der Waals surface area contributed by atoms with Crippen molar-refractivity contribution >= 4 is 12.0 Å². The zero-order chi connectivity index (χ0) is 16.5. The van der Waals surface area contributed by atoms with E-state index in [1.807, 2.05) is 0 Å². The number of hydrogen-bond acceptors (Lipinski definition) is 4. The SMILES string of the molecule is C#CCOc1cccc(C(N=C=O)C(=O)NC2CCCCC2)c1. The van der Waals surface area contributed by atoms with Crippen LogP contribution in [0.1, 0.15) is 43.7 Å². The Morgan fingerprint density at radius 1 is 1.39 bits per heavy atom. The molecular formula is C18H20N2O3. The summed E-state index contributed by atoms with van der Waals surface area (Å²) >= 11 is 0. The Morgan fingerprint density at radius 2 is 2.17 bits per heavy atom. The van der Waals surface area contributed by atoms with Crippen LogP contribution < -0.4 is 10.1 Å². The first kappa shape index (κ1) is 16.8. The van der Waals surface area contributed by atoms with Gasteiger partial charge in [0.05, 0.1) is 0 Å². The summed E-state index contributed by atoms with van der Waals surface area (Å²) < 4.78 is 5.35. The van der Waals surface area contributed by atoms with Crippen molar-refractivity contribution in [1.29, 1.82) is 0 Å². The van der Waals surface area contributed by atoms with E-state index in [0.29, 0.717) is 11.3 Å². The van der Waals surface area contributed by atoms with E-state index in [-0.39, 0.29) is 18.6 Å². The molecule has 0 aliphatic heterocycles. The van der Waals surface area contributed by atoms with Gasteiger partial charge in [0.25, 0.3) is 5.91 Å². The maximum absolute atomic E-state index is 12.5. The van der Waals surface area contributed by atoms with Gasteiger partial charge in [-0.1, -0.05) is 37.3 Å². The molecular weight excluding hydrogens is 292 g/mol. The van der Waals surface area contributed by atoms with E-state index in [2.05, 4.69) is 16.2 Å². The minimum absolute atomic E-state index is 0.138. The van der Waals surface area contributed by atoms with E-state index >= 15 is 0 Å². The largest absolute Gasteiger partial charge is 0.481 e. The number of carbonyl (C=O) groups excluding carboxylic acids is 2. The Hall–Kier alpha value is -2.57. The lowest BCUT2D eigenvalue weighted by Gasteiger charge is -2.24. The molecule has 1 fully saturated rings. The highest BCUT2D eigenvalue weighted by molar-refractivity contribution is 5.84. The molecule has 0 spiro atoms. The molecule has 0 bridgehead atoms. The van der Waals surface area contributed by atoms with Gasteiger partial charge in [-0.2, -0.15) is 4.99 Å². The van der Waals surface area contributed by atoms with Gasteiger partial charge >= 0.3 is 0 Å². The number of nitrogens with zero attached hydrogens (tertiary/aromatic N) is 1. The Morgan fingerprint density at radius 3 is 2.87 bits per heavy atom. The second-order valence-electron chi connectivity index (χ2n) is 5.53. The molecule has 1 N–H and O–H groups in total. The summed E-state index contributed by atoms with van der Waals surface area (Å²) in [5.41, 5.74) is 0.580. The van der Waals surface area contributed by atoms with Crippen LogP contribution >= 0.6 is 0 Å². The maximum atomic E-state index is 12.5. The van der Waals surface area contributed by atoms with Crippen molar-refractivity contribution in [2.75, 3.05) is 6.61 Å². The third-order valence-corrected chi connectivity index (χ3v) is 3.88. The molecule has 1 amide bonds. The predicted octanol–water partition coefficient (Wildman–Crippen LogP) is 2.52. The average Bonchev–Trinajstić information content (AvgIpc) is 2.59. The topological polar surface area (TPSA) is 67.8 Å². The second kappa shape index (κ2) is 8.77. The van der Waals surface area contributed by atoms with Crippen molar-refractivity contribution in [2.45, 2.75) is 44.2 Å². The molecule has 5 heteroatoms. The summed E-state index contributed by atoms with van der Waals surface area (Å²) in [5, 5.41) is 2.98. The minimum Gasteiger partial charge on any atom is -0.481 e. The molecule has 5 nitrogen and oxygen atoms in total. The zero-order valence-corrected chi connectivity index (χ0v) is 13.0. The van der Waals surface area contributed by atoms with Gasteiger partial charge in [0.2, 0.25) is 6.08 Å². The second-order valence-corrected chi connectivity index (χ2v) is 5.53. The fraction of sp³-hybridized carbons (Fsp3) is 0.444. The molecule has 1 aliphatic rings. The molecule has 1 atom stereocenters. The van der Waals surface area contributed by atoms with Crippen molar-refractivity contribution in [1.82, 2.24) is 5.32 Å². The Balaban J connectivity index is 2.12. The molecule has 0 heterocycles. The summed E-state index contributed by atoms with van der Waals surface area (Å²) in [6.45, 7) is 0.138. The van der Waals surface area contributed by atoms with Crippen LogP contribution in [0.3, 0.4) is 0 Å². The Bertz CT molecular complexity index is 623. The van der Waals surface area contributed by atoms with Gasteiger partial charge in [-0.3, -0.25) is 4.79 Å². The summed E-state index contributed by atoms with van der Waals surface area (Å²) in [4.78, 5) is 26.9. The highest BCUT2D eigenvalue weighted by Gasteiger charge is 2.24. The lowest BCUT2D eigenvalue weighted by molar-refractivity contribution is -0.123. The highest BCUT2D eigenvalue weighted by Crippen LogP contribution is 2.24. The van der Waals surface area contributed by atoms with E-state index < -0.39 is 6.04 Å². The Labute approximate surface area is 136 Å². The fourth-order valence-corrected chi connectivity index (χ4v) is 2.76. The van der Waals surface area contributed by atoms with E-state index in [1.54, 1.807) is 24.3 Å². The van der Waals surface area contributed by atoms with Crippen molar-refractivity contribution in [3.8, 4) is 18.1 Å². The molecule has 0 aromatic heterocycles. The van der Waals surface area contributed by atoms with E-state index in [1.165, 1.54) is 12.5 Å². The van der Waals surface area contributed by atoms with Gasteiger partial charge < -0.3 is 10.1 Å². The number of benzene rings is 1. The maximum Gasteiger partial charge on any atom is 0.250 e. The van der Waals surface area contributed by atoms with Gasteiger partial charge in [0, 0.05) is 6.04 Å². The van der Waals surface area contributed by atoms with E-state index in [0.717, 1.165) is 25.7 Å². The number of ether oxygens (including phenoxy) is 1. The number of aliphatic imine (C=N–C) groups is 1. The summed E-state index contributed by atoms with van der Waals surface area (Å²) in [6.07, 6.45) is 12.0. The number of amides is 1. The molecule has 1 saturated carbocycles. The normalized spacial score (nSPS) is 15.8. The van der Waals surface area contributed by atoms with Crippen molar-refractivity contribution in [3.63, 3.8) is 0 Å². The van der Waals surface area contributed by atoms with Crippen LogP contribution in [0.4, 0.5) is 0 Å². The van der Waals surface area contributed by atoms with Crippen molar-refractivity contribution < 1.29 is 14.3 Å². The van der Waals surface area contributed by atoms with Gasteiger partial charge in [0.1, 0.15) is 12.4 Å². The number of hydrogen-bond donors (Lipinski definition) is 1. The average molecular weight is 312 g/mol. The molecule has 23 heavy (non-hydrogen) atoms. The number of carbonyl (C=O) groups is 1. The third kappa shape index (κ3) is 4.98. The summed E-state index contributed by atoms with van der Waals surface area (Å²) in [5.74, 6) is 2.64. The van der Waals surface area contributed by atoms with Gasteiger partial charge in [-0.05, 0) is 30.5 Å². The summed E-state index contributed by atoms with van der Waals surface area (Å²) in [7, 11) is 0. The van der Waals surface area contributed by atoms with Crippen molar-refractivity contribution in [2.24, 2.45) is 4.99 Å². The highest BCUT2D eigenvalue weighted by atomic mass is 16.5. The molecule has 1 aromatic rings. The monoisotopic (exact) mass is 312 g/mol. The van der Waals surface area contributed by atoms with Gasteiger partial charge in [-0.15, -0.1) is 6.42 Å². The van der Waals surface area contributed by atoms with Gasteiger partial charge in [0.15, 0.2) is 6.04 Å². The molecule has 1 aromatic carbocycles. The first-order valence-corrected chi connectivity index (χ1v) is 7.78. The number of nitrogens with one attached hydrogen (secondary N) is 1. The molecule has 0 saturated heterocycles. The lowest BCUT2D eigenvalue weighted by Crippen LogP contribution is -2.38. The van der Waals surface area contributed by atoms with Crippen LogP contribution in [-0.2, 0) is 9.59 Å². The quantitative estimate of drug-likeness (QED) is 0.498. The smallest absolute Gasteiger partial charge is 0.250 e. The first-order chi connectivity index (χ1) is 11.2. The lowest BCUT2D eigenvalue weighted by atomic mass is 9.95. The van der Waals surface area contributed by atoms with Crippen molar-refractivity contribution in [3.05, 3.63) is 29.8 Å². The molecule has 120 valence electrons. The first-order valence-electron chi connectivity index (χ1n) is 7.78. The number of terminal acetylenes is 1. The van der Waals surface area contributed by atoms with Crippen LogP contribution in [0.15, 0.2) is 29.3 Å². The van der Waals surface area contributed by atoms with Gasteiger partial charge in [-0.25, -0.2) is 4.79 Å². The van der Waals surface area contributed by atoms with Crippen LogP contribution in [0.2, 0.25) is 0 Å². The Kier molecular flexibility index (Phi) is 6.40. The standard InChI is InChI=1S/C18H20N2O3/c1-2-11-23-16-10-6-7-14(12-16)17(19-13-21)18(22)20-15-8-4-3-5-9-15/h1,6-7,10,12,15,17H,3-5,8-9,11H2,(H,20,22). The van der Waals surface area contributed by atoms with E-state index in [9.17, 15) is 9.59 Å². The molecule has 1 unspecified atom stereocenters. The minimum atomic E-state index is -0.913. The van der Waals surface area contributed by atoms with E-state index in [4.69, 9.17) is 11.2 Å². The molecule has 1 aliphatic carbocycles.